The summed E-state index contributed by atoms with van der Waals surface area (Å²) in [6.07, 6.45) is 3.72. The fourth-order valence-corrected chi connectivity index (χ4v) is 4.09. The van der Waals surface area contributed by atoms with Crippen LogP contribution in [0, 0.1) is 6.92 Å². The number of carbonyl (C=O) groups is 1. The third kappa shape index (κ3) is 3.89. The summed E-state index contributed by atoms with van der Waals surface area (Å²) in [5.74, 6) is 0.959. The molecule has 4 aromatic rings. The van der Waals surface area contributed by atoms with Crippen LogP contribution in [0.1, 0.15) is 30.0 Å². The molecule has 9 heteroatoms. The number of ether oxygens (including phenoxy) is 2. The number of para-hydroxylation sites is 1. The molecule has 5 rings (SSSR count). The van der Waals surface area contributed by atoms with E-state index in [0.29, 0.717) is 22.7 Å². The second-order valence-electron chi connectivity index (χ2n) is 8.35. The Hall–Kier alpha value is -4.14. The number of aromatic nitrogens is 4. The molecule has 2 aromatic carbocycles. The van der Waals surface area contributed by atoms with Crippen LogP contribution in [-0.4, -0.2) is 39.7 Å². The average Bonchev–Trinajstić information content (AvgIpc) is 3.59. The number of nitrogens with zero attached hydrogens (tertiary/aromatic N) is 4. The van der Waals surface area contributed by atoms with Gasteiger partial charge < -0.3 is 14.8 Å². The van der Waals surface area contributed by atoms with Gasteiger partial charge in [-0.1, -0.05) is 18.2 Å². The average molecular weight is 460 g/mol. The van der Waals surface area contributed by atoms with Crippen molar-refractivity contribution in [3.05, 3.63) is 70.3 Å². The molecule has 0 unspecified atom stereocenters. The van der Waals surface area contributed by atoms with Crippen molar-refractivity contribution in [1.29, 1.82) is 0 Å². The maximum Gasteiger partial charge on any atom is 0.293 e. The highest BCUT2D eigenvalue weighted by atomic mass is 16.5. The summed E-state index contributed by atoms with van der Waals surface area (Å²) < 4.78 is 13.4. The lowest BCUT2D eigenvalue weighted by molar-refractivity contribution is -0.117. The minimum atomic E-state index is -0.370. The number of nitrogens with one attached hydrogen (secondary N) is 1. The van der Waals surface area contributed by atoms with E-state index in [1.54, 1.807) is 36.2 Å². The van der Waals surface area contributed by atoms with Crippen LogP contribution in [0.3, 0.4) is 0 Å². The summed E-state index contributed by atoms with van der Waals surface area (Å²) >= 11 is 0. The van der Waals surface area contributed by atoms with Crippen LogP contribution in [0.2, 0.25) is 0 Å². The largest absolute Gasteiger partial charge is 0.493 e. The number of methoxy groups -OCH3 is 2. The molecule has 2 aromatic heterocycles. The molecular formula is C25H25N5O4. The predicted octanol–water partition coefficient (Wildman–Crippen LogP) is 3.42. The van der Waals surface area contributed by atoms with E-state index in [0.717, 1.165) is 35.2 Å². The number of anilines is 1. The van der Waals surface area contributed by atoms with Crippen molar-refractivity contribution >= 4 is 22.5 Å². The summed E-state index contributed by atoms with van der Waals surface area (Å²) in [5.41, 5.74) is 3.24. The van der Waals surface area contributed by atoms with Gasteiger partial charge in [0.15, 0.2) is 11.5 Å². The molecule has 0 spiro atoms. The molecule has 34 heavy (non-hydrogen) atoms. The molecular weight excluding hydrogens is 434 g/mol. The molecule has 0 saturated heterocycles. The molecule has 0 atom stereocenters. The third-order valence-corrected chi connectivity index (χ3v) is 5.98. The van der Waals surface area contributed by atoms with Crippen LogP contribution in [0.4, 0.5) is 5.69 Å². The Balaban J connectivity index is 1.52. The molecule has 0 bridgehead atoms. The zero-order chi connectivity index (χ0) is 23.8. The standard InChI is InChI=1S/C25H25N5O4/c1-15-6-4-5-7-19(15)30-24-18(13-26-30)23(16-8-9-16)28-29(25(24)32)14-22(31)27-17-10-11-20(33-2)21(12-17)34-3/h4-7,10-13,16H,8-9,14H2,1-3H3,(H,27,31). The van der Waals surface area contributed by atoms with Gasteiger partial charge in [0.05, 0.1) is 31.8 Å². The quantitative estimate of drug-likeness (QED) is 0.455. The molecule has 9 nitrogen and oxygen atoms in total. The van der Waals surface area contributed by atoms with Crippen LogP contribution in [-0.2, 0) is 11.3 Å². The van der Waals surface area contributed by atoms with E-state index >= 15 is 0 Å². The fourth-order valence-electron chi connectivity index (χ4n) is 4.09. The van der Waals surface area contributed by atoms with Crippen LogP contribution in [0.25, 0.3) is 16.6 Å². The first-order valence-corrected chi connectivity index (χ1v) is 11.1. The molecule has 0 aliphatic heterocycles. The molecule has 1 aliphatic carbocycles. The Morgan fingerprint density at radius 2 is 1.88 bits per heavy atom. The molecule has 2 heterocycles. The summed E-state index contributed by atoms with van der Waals surface area (Å²) in [6, 6.07) is 12.8. The number of hydrogen-bond acceptors (Lipinski definition) is 6. The van der Waals surface area contributed by atoms with Gasteiger partial charge in [0.25, 0.3) is 5.56 Å². The summed E-state index contributed by atoms with van der Waals surface area (Å²) in [6.45, 7) is 1.75. The van der Waals surface area contributed by atoms with Gasteiger partial charge in [0.1, 0.15) is 12.1 Å². The minimum absolute atomic E-state index is 0.220. The molecule has 1 aliphatic rings. The van der Waals surface area contributed by atoms with E-state index < -0.39 is 0 Å². The SMILES string of the molecule is COc1ccc(NC(=O)Cn2nc(C3CC3)c3cnn(-c4ccccc4C)c3c2=O)cc1OC. The maximum atomic E-state index is 13.5. The molecule has 1 N–H and O–H groups in total. The van der Waals surface area contributed by atoms with Crippen molar-refractivity contribution in [2.24, 2.45) is 0 Å². The van der Waals surface area contributed by atoms with Gasteiger partial charge in [-0.25, -0.2) is 9.36 Å². The van der Waals surface area contributed by atoms with Gasteiger partial charge in [-0.05, 0) is 43.5 Å². The fraction of sp³-hybridized carbons (Fsp3) is 0.280. The number of rotatable bonds is 7. The molecule has 1 amide bonds. The Kier molecular flexibility index (Phi) is 5.53. The van der Waals surface area contributed by atoms with Gasteiger partial charge >= 0.3 is 0 Å². The van der Waals surface area contributed by atoms with Crippen LogP contribution in [0.15, 0.2) is 53.5 Å². The second-order valence-corrected chi connectivity index (χ2v) is 8.35. The van der Waals surface area contributed by atoms with Gasteiger partial charge in [0, 0.05) is 23.1 Å². The van der Waals surface area contributed by atoms with E-state index in [1.807, 2.05) is 31.2 Å². The summed E-state index contributed by atoms with van der Waals surface area (Å²) in [5, 5.41) is 12.6. The highest BCUT2D eigenvalue weighted by Crippen LogP contribution is 2.41. The van der Waals surface area contributed by atoms with Gasteiger partial charge in [0.2, 0.25) is 5.91 Å². The topological polar surface area (TPSA) is 100 Å². The highest BCUT2D eigenvalue weighted by Gasteiger charge is 2.30. The first-order valence-electron chi connectivity index (χ1n) is 11.1. The summed E-state index contributed by atoms with van der Waals surface area (Å²) in [4.78, 5) is 26.3. The number of aryl methyl sites for hydroxylation is 1. The van der Waals surface area contributed by atoms with Crippen LogP contribution < -0.4 is 20.3 Å². The number of benzene rings is 2. The monoisotopic (exact) mass is 459 g/mol. The van der Waals surface area contributed by atoms with Crippen molar-refractivity contribution in [1.82, 2.24) is 19.6 Å². The van der Waals surface area contributed by atoms with Gasteiger partial charge in [-0.2, -0.15) is 10.2 Å². The lowest BCUT2D eigenvalue weighted by atomic mass is 10.2. The van der Waals surface area contributed by atoms with Crippen molar-refractivity contribution in [2.75, 3.05) is 19.5 Å². The third-order valence-electron chi connectivity index (χ3n) is 5.98. The van der Waals surface area contributed by atoms with Crippen LogP contribution in [0.5, 0.6) is 11.5 Å². The van der Waals surface area contributed by atoms with E-state index in [9.17, 15) is 9.59 Å². The van der Waals surface area contributed by atoms with Crippen molar-refractivity contribution < 1.29 is 14.3 Å². The number of hydrogen-bond donors (Lipinski definition) is 1. The predicted molar refractivity (Wildman–Crippen MR) is 128 cm³/mol. The Morgan fingerprint density at radius 1 is 1.12 bits per heavy atom. The lowest BCUT2D eigenvalue weighted by Gasteiger charge is -2.12. The van der Waals surface area contributed by atoms with E-state index in [2.05, 4.69) is 15.5 Å². The Labute approximate surface area is 195 Å². The highest BCUT2D eigenvalue weighted by molar-refractivity contribution is 5.91. The normalized spacial score (nSPS) is 13.1. The van der Waals surface area contributed by atoms with E-state index in [1.165, 1.54) is 11.8 Å². The molecule has 0 radical (unpaired) electrons. The summed E-state index contributed by atoms with van der Waals surface area (Å²) in [7, 11) is 3.07. The molecule has 174 valence electrons. The van der Waals surface area contributed by atoms with Gasteiger partial charge in [-0.15, -0.1) is 0 Å². The molecule has 1 fully saturated rings. The Bertz CT molecular complexity index is 1450. The number of fused-ring (bicyclic) bond motifs is 1. The maximum absolute atomic E-state index is 13.5. The van der Waals surface area contributed by atoms with Crippen molar-refractivity contribution in [3.63, 3.8) is 0 Å². The van der Waals surface area contributed by atoms with Crippen molar-refractivity contribution in [3.8, 4) is 17.2 Å². The van der Waals surface area contributed by atoms with Crippen molar-refractivity contribution in [2.45, 2.75) is 32.2 Å². The Morgan fingerprint density at radius 3 is 2.59 bits per heavy atom. The van der Waals surface area contributed by atoms with E-state index in [-0.39, 0.29) is 23.9 Å². The minimum Gasteiger partial charge on any atom is -0.493 e. The first-order chi connectivity index (χ1) is 16.5. The van der Waals surface area contributed by atoms with E-state index in [4.69, 9.17) is 9.47 Å². The first kappa shape index (κ1) is 21.7. The molecule has 1 saturated carbocycles. The smallest absolute Gasteiger partial charge is 0.293 e. The number of carbonyl (C=O) groups excluding carboxylic acids is 1. The number of amides is 1. The zero-order valence-electron chi connectivity index (χ0n) is 19.2. The lowest BCUT2D eigenvalue weighted by Crippen LogP contribution is -2.31. The second kappa shape index (κ2) is 8.66. The zero-order valence-corrected chi connectivity index (χ0v) is 19.2. The van der Waals surface area contributed by atoms with Crippen LogP contribution >= 0.6 is 0 Å². The van der Waals surface area contributed by atoms with Gasteiger partial charge in [-0.3, -0.25) is 9.59 Å².